The molecule has 6 heteroatoms. The van der Waals surface area contributed by atoms with Crippen LogP contribution in [0, 0.1) is 0 Å². The van der Waals surface area contributed by atoms with Crippen molar-refractivity contribution in [2.45, 2.75) is 44.2 Å². The lowest BCUT2D eigenvalue weighted by Gasteiger charge is -2.31. The number of hydrogen-bond acceptors (Lipinski definition) is 4. The van der Waals surface area contributed by atoms with Gasteiger partial charge in [-0.05, 0) is 32.1 Å². The highest BCUT2D eigenvalue weighted by atomic mass is 32.2. The average molecular weight is 262 g/mol. The van der Waals surface area contributed by atoms with Gasteiger partial charge in [-0.1, -0.05) is 0 Å². The van der Waals surface area contributed by atoms with Crippen molar-refractivity contribution in [2.75, 3.05) is 25.4 Å². The van der Waals surface area contributed by atoms with Crippen LogP contribution in [0.4, 0.5) is 0 Å². The van der Waals surface area contributed by atoms with E-state index in [0.29, 0.717) is 19.7 Å². The molecule has 1 unspecified atom stereocenters. The maximum atomic E-state index is 12.2. The summed E-state index contributed by atoms with van der Waals surface area (Å²) in [5.74, 6) is 0.141. The highest BCUT2D eigenvalue weighted by molar-refractivity contribution is 7.89. The molecule has 5 nitrogen and oxygen atoms in total. The first-order valence-corrected chi connectivity index (χ1v) is 8.04. The Kier molecular flexibility index (Phi) is 4.41. The van der Waals surface area contributed by atoms with Gasteiger partial charge in [0.1, 0.15) is 0 Å². The monoisotopic (exact) mass is 262 g/mol. The summed E-state index contributed by atoms with van der Waals surface area (Å²) in [4.78, 5) is 0. The van der Waals surface area contributed by atoms with Gasteiger partial charge in [0.15, 0.2) is 0 Å². The molecule has 0 bridgehead atoms. The van der Waals surface area contributed by atoms with Crippen molar-refractivity contribution >= 4 is 10.0 Å². The van der Waals surface area contributed by atoms with Crippen LogP contribution in [0.3, 0.4) is 0 Å². The third-order valence-electron chi connectivity index (χ3n) is 3.56. The summed E-state index contributed by atoms with van der Waals surface area (Å²) in [6.07, 6.45) is 4.42. The molecule has 2 saturated heterocycles. The lowest BCUT2D eigenvalue weighted by molar-refractivity contribution is 0.0298. The maximum Gasteiger partial charge on any atom is 0.216 e. The number of nitrogens with two attached hydrogens (primary N) is 1. The molecular weight excluding hydrogens is 240 g/mol. The van der Waals surface area contributed by atoms with Gasteiger partial charge in [-0.2, -0.15) is 0 Å². The second-order valence-corrected chi connectivity index (χ2v) is 7.02. The summed E-state index contributed by atoms with van der Waals surface area (Å²) >= 11 is 0. The van der Waals surface area contributed by atoms with E-state index in [1.807, 2.05) is 0 Å². The van der Waals surface area contributed by atoms with E-state index < -0.39 is 10.0 Å². The molecule has 2 aliphatic rings. The lowest BCUT2D eigenvalue weighted by atomic mass is 10.1. The predicted octanol–water partition coefficient (Wildman–Crippen LogP) is 0.308. The van der Waals surface area contributed by atoms with Crippen molar-refractivity contribution in [3.63, 3.8) is 0 Å². The van der Waals surface area contributed by atoms with E-state index in [1.54, 1.807) is 4.31 Å². The van der Waals surface area contributed by atoms with Crippen LogP contribution in [-0.4, -0.2) is 50.3 Å². The van der Waals surface area contributed by atoms with Crippen LogP contribution in [0.2, 0.25) is 0 Å². The Morgan fingerprint density at radius 3 is 2.47 bits per heavy atom. The SMILES string of the molecule is NC1CCN(S(=O)(=O)CC2CCCCO2)CC1. The number of hydrogen-bond donors (Lipinski definition) is 1. The topological polar surface area (TPSA) is 72.6 Å². The van der Waals surface area contributed by atoms with Gasteiger partial charge in [0.25, 0.3) is 0 Å². The van der Waals surface area contributed by atoms with Gasteiger partial charge in [-0.3, -0.25) is 0 Å². The molecule has 0 aliphatic carbocycles. The van der Waals surface area contributed by atoms with Crippen molar-refractivity contribution in [1.29, 1.82) is 0 Å². The highest BCUT2D eigenvalue weighted by Gasteiger charge is 2.30. The first-order chi connectivity index (χ1) is 8.08. The number of nitrogens with zero attached hydrogens (tertiary/aromatic N) is 1. The smallest absolute Gasteiger partial charge is 0.216 e. The average Bonchev–Trinajstić information content (AvgIpc) is 2.30. The van der Waals surface area contributed by atoms with Crippen molar-refractivity contribution < 1.29 is 13.2 Å². The summed E-state index contributed by atoms with van der Waals surface area (Å²) in [5, 5.41) is 0. The zero-order valence-electron chi connectivity index (χ0n) is 10.2. The van der Waals surface area contributed by atoms with Crippen LogP contribution in [0.5, 0.6) is 0 Å². The Morgan fingerprint density at radius 1 is 1.18 bits per heavy atom. The first kappa shape index (κ1) is 13.3. The maximum absolute atomic E-state index is 12.2. The molecule has 0 radical (unpaired) electrons. The quantitative estimate of drug-likeness (QED) is 0.794. The van der Waals surface area contributed by atoms with Crippen molar-refractivity contribution in [2.24, 2.45) is 5.73 Å². The molecule has 0 aromatic carbocycles. The fraction of sp³-hybridized carbons (Fsp3) is 1.00. The van der Waals surface area contributed by atoms with Crippen molar-refractivity contribution in [1.82, 2.24) is 4.31 Å². The van der Waals surface area contributed by atoms with Crippen LogP contribution < -0.4 is 5.73 Å². The Hall–Kier alpha value is -0.170. The van der Waals surface area contributed by atoms with Crippen molar-refractivity contribution in [3.05, 3.63) is 0 Å². The Bertz CT molecular complexity index is 331. The van der Waals surface area contributed by atoms with E-state index in [0.717, 1.165) is 32.1 Å². The molecule has 1 atom stereocenters. The second kappa shape index (κ2) is 5.65. The van der Waals surface area contributed by atoms with E-state index in [9.17, 15) is 8.42 Å². The second-order valence-electron chi connectivity index (χ2n) is 5.00. The fourth-order valence-corrected chi connectivity index (χ4v) is 4.14. The molecule has 0 aromatic rings. The van der Waals surface area contributed by atoms with Crippen LogP contribution in [0.25, 0.3) is 0 Å². The summed E-state index contributed by atoms with van der Waals surface area (Å²) in [5.41, 5.74) is 5.78. The molecule has 0 spiro atoms. The molecule has 2 rings (SSSR count). The third kappa shape index (κ3) is 3.64. The fourth-order valence-electron chi connectivity index (χ4n) is 2.43. The molecule has 17 heavy (non-hydrogen) atoms. The Balaban J connectivity index is 1.89. The number of rotatable bonds is 3. The number of ether oxygens (including phenoxy) is 1. The van der Waals surface area contributed by atoms with Gasteiger partial charge in [-0.25, -0.2) is 12.7 Å². The van der Waals surface area contributed by atoms with Crippen molar-refractivity contribution in [3.8, 4) is 0 Å². The molecule has 2 fully saturated rings. The van der Waals surface area contributed by atoms with E-state index in [-0.39, 0.29) is 17.9 Å². The predicted molar refractivity (Wildman–Crippen MR) is 66.2 cm³/mol. The summed E-state index contributed by atoms with van der Waals surface area (Å²) in [6.45, 7) is 1.83. The van der Waals surface area contributed by atoms with Gasteiger partial charge in [0, 0.05) is 25.7 Å². The molecular formula is C11H22N2O3S. The molecule has 2 heterocycles. The normalized spacial score (nSPS) is 29.4. The molecule has 2 N–H and O–H groups in total. The molecule has 2 aliphatic heterocycles. The summed E-state index contributed by atoms with van der Waals surface area (Å²) in [6, 6.07) is 0.160. The number of sulfonamides is 1. The van der Waals surface area contributed by atoms with Gasteiger partial charge in [0.2, 0.25) is 10.0 Å². The summed E-state index contributed by atoms with van der Waals surface area (Å²) < 4.78 is 31.4. The molecule has 0 aromatic heterocycles. The minimum Gasteiger partial charge on any atom is -0.377 e. The van der Waals surface area contributed by atoms with E-state index in [1.165, 1.54) is 0 Å². The van der Waals surface area contributed by atoms with Crippen LogP contribution >= 0.6 is 0 Å². The molecule has 0 saturated carbocycles. The third-order valence-corrected chi connectivity index (χ3v) is 5.51. The van der Waals surface area contributed by atoms with E-state index >= 15 is 0 Å². The minimum absolute atomic E-state index is 0.107. The summed E-state index contributed by atoms with van der Waals surface area (Å²) in [7, 11) is -3.15. The van der Waals surface area contributed by atoms with E-state index in [2.05, 4.69) is 0 Å². The lowest BCUT2D eigenvalue weighted by Crippen LogP contribution is -2.45. The van der Waals surface area contributed by atoms with Crippen LogP contribution in [0.1, 0.15) is 32.1 Å². The zero-order chi connectivity index (χ0) is 12.3. The standard InChI is InChI=1S/C11H22N2O3S/c12-10-4-6-13(7-5-10)17(14,15)9-11-3-1-2-8-16-11/h10-11H,1-9,12H2. The van der Waals surface area contributed by atoms with Crippen LogP contribution in [-0.2, 0) is 14.8 Å². The van der Waals surface area contributed by atoms with Crippen LogP contribution in [0.15, 0.2) is 0 Å². The Morgan fingerprint density at radius 2 is 1.88 bits per heavy atom. The minimum atomic E-state index is -3.15. The number of piperidine rings is 1. The molecule has 100 valence electrons. The Labute approximate surface area is 103 Å². The van der Waals surface area contributed by atoms with Gasteiger partial charge >= 0.3 is 0 Å². The molecule has 0 amide bonds. The first-order valence-electron chi connectivity index (χ1n) is 6.43. The van der Waals surface area contributed by atoms with Gasteiger partial charge < -0.3 is 10.5 Å². The van der Waals surface area contributed by atoms with E-state index in [4.69, 9.17) is 10.5 Å². The largest absolute Gasteiger partial charge is 0.377 e. The van der Waals surface area contributed by atoms with Gasteiger partial charge in [-0.15, -0.1) is 0 Å². The van der Waals surface area contributed by atoms with Gasteiger partial charge in [0.05, 0.1) is 11.9 Å². The highest BCUT2D eigenvalue weighted by Crippen LogP contribution is 2.18. The zero-order valence-corrected chi connectivity index (χ0v) is 11.0.